The van der Waals surface area contributed by atoms with E-state index in [0.717, 1.165) is 5.56 Å². The lowest BCUT2D eigenvalue weighted by Gasteiger charge is -2.22. The van der Waals surface area contributed by atoms with Gasteiger partial charge in [0.1, 0.15) is 0 Å². The summed E-state index contributed by atoms with van der Waals surface area (Å²) in [6, 6.07) is 27.0. The zero-order valence-electron chi connectivity index (χ0n) is 13.9. The van der Waals surface area contributed by atoms with E-state index in [1.165, 1.54) is 0 Å². The van der Waals surface area contributed by atoms with Crippen molar-refractivity contribution in [1.82, 2.24) is 0 Å². The molecule has 0 amide bonds. The minimum atomic E-state index is -0.979. The molecule has 0 radical (unpaired) electrons. The molecule has 0 aliphatic heterocycles. The van der Waals surface area contributed by atoms with E-state index in [2.05, 4.69) is 15.9 Å². The molecule has 2 atom stereocenters. The van der Waals surface area contributed by atoms with Crippen LogP contribution in [0.3, 0.4) is 0 Å². The summed E-state index contributed by atoms with van der Waals surface area (Å²) in [5.41, 5.74) is 1.77. The number of alkyl halides is 1. The molecule has 0 aliphatic rings. The predicted molar refractivity (Wildman–Crippen MR) is 105 cm³/mol. The maximum atomic E-state index is 13.0. The van der Waals surface area contributed by atoms with Crippen molar-refractivity contribution in [3.8, 4) is 0 Å². The molecule has 3 aromatic rings. The zero-order chi connectivity index (χ0) is 18.4. The molecule has 0 aromatic heterocycles. The maximum Gasteiger partial charge on any atom is 0.338 e. The van der Waals surface area contributed by atoms with Gasteiger partial charge >= 0.3 is 5.97 Å². The quantitative estimate of drug-likeness (QED) is 0.318. The molecule has 0 saturated heterocycles. The molecule has 130 valence electrons. The van der Waals surface area contributed by atoms with E-state index >= 15 is 0 Å². The van der Waals surface area contributed by atoms with E-state index < -0.39 is 16.9 Å². The zero-order valence-corrected chi connectivity index (χ0v) is 15.5. The Morgan fingerprint density at radius 1 is 0.692 bits per heavy atom. The van der Waals surface area contributed by atoms with Crippen molar-refractivity contribution in [1.29, 1.82) is 0 Å². The van der Waals surface area contributed by atoms with Crippen molar-refractivity contribution in [2.75, 3.05) is 0 Å². The Morgan fingerprint density at radius 3 is 1.69 bits per heavy atom. The van der Waals surface area contributed by atoms with E-state index in [-0.39, 0.29) is 5.78 Å². The first kappa shape index (κ1) is 18.1. The Hall–Kier alpha value is -2.72. The third-order valence-electron chi connectivity index (χ3n) is 3.94. The average molecular weight is 409 g/mol. The normalized spacial score (nSPS) is 12.8. The van der Waals surface area contributed by atoms with Gasteiger partial charge in [-0.3, -0.25) is 4.79 Å². The van der Waals surface area contributed by atoms with Crippen LogP contribution in [0.5, 0.6) is 0 Å². The molecule has 0 bridgehead atoms. The van der Waals surface area contributed by atoms with Gasteiger partial charge in [0.05, 0.1) is 10.4 Å². The first-order valence-corrected chi connectivity index (χ1v) is 9.12. The van der Waals surface area contributed by atoms with Gasteiger partial charge in [-0.1, -0.05) is 94.8 Å². The fourth-order valence-corrected chi connectivity index (χ4v) is 3.24. The van der Waals surface area contributed by atoms with Gasteiger partial charge in [0.25, 0.3) is 0 Å². The van der Waals surface area contributed by atoms with Crippen LogP contribution in [0.25, 0.3) is 0 Å². The number of carbonyl (C=O) groups excluding carboxylic acids is 2. The molecule has 0 aliphatic carbocycles. The molecule has 0 spiro atoms. The number of hydrogen-bond acceptors (Lipinski definition) is 3. The molecule has 0 N–H and O–H groups in total. The third kappa shape index (κ3) is 4.27. The van der Waals surface area contributed by atoms with Gasteiger partial charge in [-0.25, -0.2) is 4.79 Å². The first-order valence-electron chi connectivity index (χ1n) is 8.21. The lowest BCUT2D eigenvalue weighted by Crippen LogP contribution is -2.31. The number of benzene rings is 3. The van der Waals surface area contributed by atoms with Crippen LogP contribution in [0, 0.1) is 0 Å². The van der Waals surface area contributed by atoms with Gasteiger partial charge in [-0.05, 0) is 17.7 Å². The fourth-order valence-electron chi connectivity index (χ4n) is 2.58. The monoisotopic (exact) mass is 408 g/mol. The Kier molecular flexibility index (Phi) is 5.97. The molecule has 0 saturated carbocycles. The first-order chi connectivity index (χ1) is 12.7. The largest absolute Gasteiger partial charge is 0.449 e. The number of Topliss-reactive ketones (excluding diaryl/α,β-unsaturated/α-hetero) is 1. The molecule has 0 unspecified atom stereocenters. The third-order valence-corrected chi connectivity index (χ3v) is 4.95. The Morgan fingerprint density at radius 2 is 1.15 bits per heavy atom. The second-order valence-corrected chi connectivity index (χ2v) is 6.72. The van der Waals surface area contributed by atoms with Crippen molar-refractivity contribution in [2.45, 2.75) is 10.9 Å². The van der Waals surface area contributed by atoms with Crippen LogP contribution in [0.1, 0.15) is 31.1 Å². The molecular formula is C22H17BrO3. The number of ether oxygens (including phenoxy) is 1. The molecule has 26 heavy (non-hydrogen) atoms. The summed E-state index contributed by atoms with van der Waals surface area (Å²) < 4.78 is 5.63. The van der Waals surface area contributed by atoms with Crippen molar-refractivity contribution in [2.24, 2.45) is 0 Å². The highest BCUT2D eigenvalue weighted by molar-refractivity contribution is 9.09. The summed E-state index contributed by atoms with van der Waals surface area (Å²) >= 11 is 3.55. The van der Waals surface area contributed by atoms with E-state index in [9.17, 15) is 9.59 Å². The summed E-state index contributed by atoms with van der Waals surface area (Å²) in [7, 11) is 0. The number of carbonyl (C=O) groups is 2. The van der Waals surface area contributed by atoms with Crippen LogP contribution < -0.4 is 0 Å². The number of ketones is 1. The topological polar surface area (TPSA) is 43.4 Å². The molecule has 3 nitrogen and oxygen atoms in total. The van der Waals surface area contributed by atoms with Crippen LogP contribution >= 0.6 is 15.9 Å². The standard InChI is InChI=1S/C22H17BrO3/c23-19(16-10-4-1-5-11-16)21(20(24)17-12-6-2-7-13-17)26-22(25)18-14-8-3-9-15-18/h1-15,19,21H/t19-,21-/m0/s1. The van der Waals surface area contributed by atoms with Crippen molar-refractivity contribution < 1.29 is 14.3 Å². The van der Waals surface area contributed by atoms with Gasteiger partial charge < -0.3 is 4.74 Å². The SMILES string of the molecule is O=C(O[C@H](C(=O)c1ccccc1)[C@@H](Br)c1ccccc1)c1ccccc1. The summed E-state index contributed by atoms with van der Waals surface area (Å²) in [4.78, 5) is 25.1. The van der Waals surface area contributed by atoms with Crippen molar-refractivity contribution in [3.63, 3.8) is 0 Å². The predicted octanol–water partition coefficient (Wildman–Crippen LogP) is 5.23. The second kappa shape index (κ2) is 8.59. The summed E-state index contributed by atoms with van der Waals surface area (Å²) in [5, 5.41) is 0. The summed E-state index contributed by atoms with van der Waals surface area (Å²) in [6.07, 6.45) is -0.979. The van der Waals surface area contributed by atoms with Gasteiger partial charge in [-0.15, -0.1) is 0 Å². The Labute approximate surface area is 160 Å². The van der Waals surface area contributed by atoms with Gasteiger partial charge in [0.15, 0.2) is 6.10 Å². The highest BCUT2D eigenvalue weighted by atomic mass is 79.9. The van der Waals surface area contributed by atoms with Crippen LogP contribution in [0.4, 0.5) is 0 Å². The number of rotatable bonds is 6. The van der Waals surface area contributed by atoms with E-state index in [1.54, 1.807) is 48.5 Å². The van der Waals surface area contributed by atoms with Crippen molar-refractivity contribution in [3.05, 3.63) is 108 Å². The second-order valence-electron chi connectivity index (χ2n) is 5.73. The molecule has 4 heteroatoms. The minimum absolute atomic E-state index is 0.249. The molecule has 3 aromatic carbocycles. The molecule has 0 heterocycles. The number of halogens is 1. The van der Waals surface area contributed by atoms with Crippen LogP contribution in [0.2, 0.25) is 0 Å². The lowest BCUT2D eigenvalue weighted by atomic mass is 9.99. The number of esters is 1. The lowest BCUT2D eigenvalue weighted by molar-refractivity contribution is 0.0282. The smallest absolute Gasteiger partial charge is 0.338 e. The number of hydrogen-bond donors (Lipinski definition) is 0. The maximum absolute atomic E-state index is 13.0. The minimum Gasteiger partial charge on any atom is -0.449 e. The average Bonchev–Trinajstić information content (AvgIpc) is 2.73. The van der Waals surface area contributed by atoms with Gasteiger partial charge in [-0.2, -0.15) is 0 Å². The molecular weight excluding hydrogens is 392 g/mol. The van der Waals surface area contributed by atoms with Crippen LogP contribution in [0.15, 0.2) is 91.0 Å². The highest BCUT2D eigenvalue weighted by Crippen LogP contribution is 2.31. The van der Waals surface area contributed by atoms with Gasteiger partial charge in [0, 0.05) is 5.56 Å². The summed E-state index contributed by atoms with van der Waals surface area (Å²) in [6.45, 7) is 0. The molecule has 3 rings (SSSR count). The van der Waals surface area contributed by atoms with E-state index in [0.29, 0.717) is 11.1 Å². The highest BCUT2D eigenvalue weighted by Gasteiger charge is 2.32. The Balaban J connectivity index is 1.91. The summed E-state index contributed by atoms with van der Waals surface area (Å²) in [5.74, 6) is -0.777. The fraction of sp³-hybridized carbons (Fsp3) is 0.0909. The van der Waals surface area contributed by atoms with E-state index in [4.69, 9.17) is 4.74 Å². The van der Waals surface area contributed by atoms with Gasteiger partial charge in [0.2, 0.25) is 5.78 Å². The van der Waals surface area contributed by atoms with Crippen molar-refractivity contribution >= 4 is 27.7 Å². The Bertz CT molecular complexity index is 864. The van der Waals surface area contributed by atoms with E-state index in [1.807, 2.05) is 42.5 Å². The molecule has 0 fully saturated rings. The van der Waals surface area contributed by atoms with Crippen LogP contribution in [-0.2, 0) is 4.74 Å². The van der Waals surface area contributed by atoms with Crippen LogP contribution in [-0.4, -0.2) is 17.9 Å².